The van der Waals surface area contributed by atoms with Gasteiger partial charge >= 0.3 is 0 Å². The third kappa shape index (κ3) is 4.49. The first-order valence-corrected chi connectivity index (χ1v) is 12.5. The summed E-state index contributed by atoms with van der Waals surface area (Å²) < 4.78 is 5.42. The lowest BCUT2D eigenvalue weighted by Crippen LogP contribution is -2.48. The summed E-state index contributed by atoms with van der Waals surface area (Å²) in [5.74, 6) is 2.29. The SMILES string of the molecule is COc1cc(Cl)c(C)cc1NC(=O)c1sc2ncnc(N3CCN(c4cccc[nH+]4)CC3)c2c1C. The number of rotatable bonds is 5. The Kier molecular flexibility index (Phi) is 6.44. The molecule has 35 heavy (non-hydrogen) atoms. The van der Waals surface area contributed by atoms with E-state index in [-0.39, 0.29) is 5.91 Å². The zero-order valence-electron chi connectivity index (χ0n) is 19.8. The average molecular weight is 510 g/mol. The van der Waals surface area contributed by atoms with Gasteiger partial charge in [0.15, 0.2) is 0 Å². The molecule has 1 aromatic carbocycles. The van der Waals surface area contributed by atoms with Crippen molar-refractivity contribution in [2.45, 2.75) is 13.8 Å². The van der Waals surface area contributed by atoms with Crippen molar-refractivity contribution < 1.29 is 14.5 Å². The highest BCUT2D eigenvalue weighted by molar-refractivity contribution is 7.20. The van der Waals surface area contributed by atoms with Crippen molar-refractivity contribution >= 4 is 56.4 Å². The first-order chi connectivity index (χ1) is 17.0. The fraction of sp³-hybridized carbons (Fsp3) is 0.280. The van der Waals surface area contributed by atoms with Crippen LogP contribution in [-0.4, -0.2) is 49.2 Å². The zero-order valence-corrected chi connectivity index (χ0v) is 21.3. The maximum Gasteiger partial charge on any atom is 0.274 e. The Labute approximate surface area is 212 Å². The molecule has 0 saturated carbocycles. The third-order valence-corrected chi connectivity index (χ3v) is 7.86. The number of thiophene rings is 1. The number of aromatic amines is 1. The Balaban J connectivity index is 1.41. The van der Waals surface area contributed by atoms with Gasteiger partial charge in [-0.3, -0.25) is 9.69 Å². The van der Waals surface area contributed by atoms with E-state index in [0.29, 0.717) is 21.3 Å². The first kappa shape index (κ1) is 23.3. The van der Waals surface area contributed by atoms with Crippen molar-refractivity contribution in [1.82, 2.24) is 9.97 Å². The topological polar surface area (TPSA) is 84.7 Å². The fourth-order valence-corrected chi connectivity index (χ4v) is 5.55. The number of halogens is 1. The van der Waals surface area contributed by atoms with Crippen molar-refractivity contribution in [1.29, 1.82) is 0 Å². The number of nitrogens with zero attached hydrogens (tertiary/aromatic N) is 4. The van der Waals surface area contributed by atoms with Gasteiger partial charge in [-0.1, -0.05) is 17.7 Å². The molecule has 1 saturated heterocycles. The predicted octanol–water partition coefficient (Wildman–Crippen LogP) is 4.36. The standard InChI is InChI=1S/C25H25ClN6O2S/c1-15-12-18(19(34-3)13-17(15)26)30-24(33)22-16(2)21-23(28-14-29-25(21)35-22)32-10-8-31(9-11-32)20-6-4-5-7-27-20/h4-7,12-14H,8-11H2,1-3H3,(H,30,33)/p+1. The van der Waals surface area contributed by atoms with Gasteiger partial charge in [-0.2, -0.15) is 0 Å². The monoisotopic (exact) mass is 509 g/mol. The Bertz CT molecular complexity index is 1390. The van der Waals surface area contributed by atoms with Crippen LogP contribution in [0.15, 0.2) is 42.9 Å². The Hall–Kier alpha value is -3.43. The number of fused-ring (bicyclic) bond motifs is 1. The molecule has 0 unspecified atom stereocenters. The number of hydrogen-bond donors (Lipinski definition) is 1. The number of hydrogen-bond acceptors (Lipinski definition) is 7. The highest BCUT2D eigenvalue weighted by atomic mass is 35.5. The molecule has 180 valence electrons. The Morgan fingerprint density at radius 1 is 1.14 bits per heavy atom. The van der Waals surface area contributed by atoms with Crippen LogP contribution in [0.4, 0.5) is 17.3 Å². The number of methoxy groups -OCH3 is 1. The molecule has 4 aromatic rings. The van der Waals surface area contributed by atoms with E-state index < -0.39 is 0 Å². The van der Waals surface area contributed by atoms with Crippen molar-refractivity contribution in [2.75, 3.05) is 48.4 Å². The molecular formula is C25H26ClN6O2S+. The summed E-state index contributed by atoms with van der Waals surface area (Å²) in [6.07, 6.45) is 3.52. The van der Waals surface area contributed by atoms with E-state index in [1.165, 1.54) is 11.3 Å². The fourth-order valence-electron chi connectivity index (χ4n) is 4.36. The molecule has 0 atom stereocenters. The highest BCUT2D eigenvalue weighted by Crippen LogP contribution is 2.37. The van der Waals surface area contributed by atoms with E-state index in [2.05, 4.69) is 36.1 Å². The maximum atomic E-state index is 13.3. The Morgan fingerprint density at radius 3 is 2.63 bits per heavy atom. The first-order valence-electron chi connectivity index (χ1n) is 11.3. The molecule has 1 aliphatic heterocycles. The van der Waals surface area contributed by atoms with Gasteiger partial charge in [0, 0.05) is 17.2 Å². The van der Waals surface area contributed by atoms with Gasteiger partial charge in [0.25, 0.3) is 11.7 Å². The largest absolute Gasteiger partial charge is 0.495 e. The van der Waals surface area contributed by atoms with Crippen LogP contribution in [0.3, 0.4) is 0 Å². The van der Waals surface area contributed by atoms with E-state index >= 15 is 0 Å². The Morgan fingerprint density at radius 2 is 1.91 bits per heavy atom. The summed E-state index contributed by atoms with van der Waals surface area (Å²) in [5.41, 5.74) is 2.31. The predicted molar refractivity (Wildman–Crippen MR) is 140 cm³/mol. The van der Waals surface area contributed by atoms with E-state index in [4.69, 9.17) is 16.3 Å². The zero-order chi connectivity index (χ0) is 24.5. The third-order valence-electron chi connectivity index (χ3n) is 6.25. The number of carbonyl (C=O) groups excluding carboxylic acids is 1. The smallest absolute Gasteiger partial charge is 0.274 e. The van der Waals surface area contributed by atoms with Gasteiger partial charge in [-0.25, -0.2) is 15.0 Å². The van der Waals surface area contributed by atoms with Crippen LogP contribution in [0.2, 0.25) is 5.02 Å². The van der Waals surface area contributed by atoms with Crippen molar-refractivity contribution in [3.05, 3.63) is 63.9 Å². The number of pyridine rings is 1. The molecule has 0 radical (unpaired) electrons. The lowest BCUT2D eigenvalue weighted by molar-refractivity contribution is -0.364. The molecule has 1 amide bonds. The van der Waals surface area contributed by atoms with E-state index in [0.717, 1.165) is 59.2 Å². The van der Waals surface area contributed by atoms with Gasteiger partial charge in [-0.05, 0) is 37.1 Å². The summed E-state index contributed by atoms with van der Waals surface area (Å²) in [6.45, 7) is 7.25. The van der Waals surface area contributed by atoms with Crippen LogP contribution < -0.4 is 24.8 Å². The number of benzene rings is 1. The molecule has 1 fully saturated rings. The van der Waals surface area contributed by atoms with Crippen LogP contribution in [-0.2, 0) is 0 Å². The summed E-state index contributed by atoms with van der Waals surface area (Å²) in [7, 11) is 1.55. The quantitative estimate of drug-likeness (QED) is 0.430. The summed E-state index contributed by atoms with van der Waals surface area (Å²) in [6, 6.07) is 9.63. The van der Waals surface area contributed by atoms with Gasteiger partial charge in [0.1, 0.15) is 35.8 Å². The van der Waals surface area contributed by atoms with E-state index in [1.807, 2.05) is 38.2 Å². The minimum absolute atomic E-state index is 0.207. The number of aromatic nitrogens is 3. The molecule has 0 bridgehead atoms. The van der Waals surface area contributed by atoms with Crippen molar-refractivity contribution in [3.8, 4) is 5.75 Å². The second-order valence-corrected chi connectivity index (χ2v) is 9.82. The van der Waals surface area contributed by atoms with Crippen LogP contribution in [0.1, 0.15) is 20.8 Å². The summed E-state index contributed by atoms with van der Waals surface area (Å²) >= 11 is 7.59. The molecule has 5 rings (SSSR count). The minimum Gasteiger partial charge on any atom is -0.495 e. The van der Waals surface area contributed by atoms with Crippen molar-refractivity contribution in [2.24, 2.45) is 0 Å². The molecule has 0 aliphatic carbocycles. The number of anilines is 3. The second kappa shape index (κ2) is 9.67. The van der Waals surface area contributed by atoms with Crippen LogP contribution in [0, 0.1) is 13.8 Å². The summed E-state index contributed by atoms with van der Waals surface area (Å²) in [4.78, 5) is 31.7. The number of ether oxygens (including phenoxy) is 1. The summed E-state index contributed by atoms with van der Waals surface area (Å²) in [5, 5.41) is 4.50. The number of amides is 1. The molecule has 3 aromatic heterocycles. The van der Waals surface area contributed by atoms with Gasteiger partial charge < -0.3 is 15.0 Å². The molecular weight excluding hydrogens is 484 g/mol. The van der Waals surface area contributed by atoms with E-state index in [1.54, 1.807) is 19.5 Å². The maximum absolute atomic E-state index is 13.3. The molecule has 8 nitrogen and oxygen atoms in total. The molecule has 10 heteroatoms. The average Bonchev–Trinajstić information content (AvgIpc) is 3.23. The molecule has 2 N–H and O–H groups in total. The van der Waals surface area contributed by atoms with Gasteiger partial charge in [0.2, 0.25) is 0 Å². The van der Waals surface area contributed by atoms with Crippen molar-refractivity contribution in [3.63, 3.8) is 0 Å². The number of aryl methyl sites for hydroxylation is 2. The minimum atomic E-state index is -0.207. The second-order valence-electron chi connectivity index (χ2n) is 8.41. The van der Waals surface area contributed by atoms with E-state index in [9.17, 15) is 4.79 Å². The molecule has 1 aliphatic rings. The number of carbonyl (C=O) groups is 1. The highest BCUT2D eigenvalue weighted by Gasteiger charge is 2.27. The lowest BCUT2D eigenvalue weighted by Gasteiger charge is -2.32. The normalized spacial score (nSPS) is 13.8. The van der Waals surface area contributed by atoms with Crippen LogP contribution in [0.5, 0.6) is 5.75 Å². The van der Waals surface area contributed by atoms with Crippen LogP contribution >= 0.6 is 22.9 Å². The number of H-pyrrole nitrogens is 1. The number of nitrogens with one attached hydrogen (secondary N) is 2. The van der Waals surface area contributed by atoms with Gasteiger partial charge in [0.05, 0.1) is 42.3 Å². The lowest BCUT2D eigenvalue weighted by atomic mass is 10.1. The van der Waals surface area contributed by atoms with Crippen LogP contribution in [0.25, 0.3) is 10.2 Å². The van der Waals surface area contributed by atoms with Gasteiger partial charge in [-0.15, -0.1) is 11.3 Å². The molecule has 4 heterocycles. The molecule has 0 spiro atoms. The number of piperazine rings is 1.